The molecule has 0 amide bonds. The van der Waals surface area contributed by atoms with Gasteiger partial charge >= 0.3 is 0 Å². The van der Waals surface area contributed by atoms with Crippen LogP contribution in [0.4, 0.5) is 5.82 Å². The number of anilines is 1. The van der Waals surface area contributed by atoms with Crippen LogP contribution in [-0.2, 0) is 0 Å². The van der Waals surface area contributed by atoms with Crippen molar-refractivity contribution in [3.05, 3.63) is 41.7 Å². The summed E-state index contributed by atoms with van der Waals surface area (Å²) in [7, 11) is 1.81. The summed E-state index contributed by atoms with van der Waals surface area (Å²) in [6.07, 6.45) is 12.6. The lowest BCUT2D eigenvalue weighted by atomic mass is 9.82. The zero-order valence-corrected chi connectivity index (χ0v) is 17.1. The molecule has 0 unspecified atom stereocenters. The molecule has 1 aromatic rings. The van der Waals surface area contributed by atoms with E-state index in [0.29, 0.717) is 12.1 Å². The Hall–Kier alpha value is -2.10. The zero-order chi connectivity index (χ0) is 19.2. The normalized spacial score (nSPS) is 22.9. The summed E-state index contributed by atoms with van der Waals surface area (Å²) < 4.78 is 0. The lowest BCUT2D eigenvalue weighted by Gasteiger charge is -2.35. The molecule has 0 bridgehead atoms. The van der Waals surface area contributed by atoms with Gasteiger partial charge in [-0.3, -0.25) is 4.99 Å². The number of pyridine rings is 1. The molecule has 4 nitrogen and oxygen atoms in total. The summed E-state index contributed by atoms with van der Waals surface area (Å²) in [5.41, 5.74) is 4.88. The number of aliphatic imine (C=N–C) groups is 1. The first-order valence-electron chi connectivity index (χ1n) is 10.3. The third-order valence-electron chi connectivity index (χ3n) is 5.93. The number of hydrogen-bond acceptors (Lipinski definition) is 4. The molecule has 27 heavy (non-hydrogen) atoms. The van der Waals surface area contributed by atoms with E-state index >= 15 is 0 Å². The second-order valence-electron chi connectivity index (χ2n) is 8.22. The predicted octanol–water partition coefficient (Wildman–Crippen LogP) is 5.20. The SMILES string of the molecule is C=C(NC1CCC(Nc2cc(C(C=NC)=C(C)C)ccn2)CC1)C1CCC1. The monoisotopic (exact) mass is 366 g/mol. The first-order valence-corrected chi connectivity index (χ1v) is 10.3. The van der Waals surface area contributed by atoms with Crippen molar-refractivity contribution >= 4 is 17.6 Å². The van der Waals surface area contributed by atoms with Crippen molar-refractivity contribution < 1.29 is 0 Å². The summed E-state index contributed by atoms with van der Waals surface area (Å²) in [6, 6.07) is 5.29. The van der Waals surface area contributed by atoms with Gasteiger partial charge in [-0.1, -0.05) is 18.6 Å². The molecule has 2 fully saturated rings. The van der Waals surface area contributed by atoms with E-state index in [1.54, 1.807) is 0 Å². The Bertz CT molecular complexity index is 703. The molecule has 2 aliphatic carbocycles. The second kappa shape index (κ2) is 9.20. The Morgan fingerprint density at radius 3 is 2.44 bits per heavy atom. The summed E-state index contributed by atoms with van der Waals surface area (Å²) in [5, 5.41) is 7.34. The van der Waals surface area contributed by atoms with E-state index in [2.05, 4.69) is 53.2 Å². The van der Waals surface area contributed by atoms with Gasteiger partial charge in [-0.15, -0.1) is 0 Å². The topological polar surface area (TPSA) is 49.3 Å². The Kier molecular flexibility index (Phi) is 6.70. The van der Waals surface area contributed by atoms with Crippen molar-refractivity contribution in [2.45, 2.75) is 70.9 Å². The van der Waals surface area contributed by atoms with Gasteiger partial charge in [-0.2, -0.15) is 0 Å². The fourth-order valence-electron chi connectivity index (χ4n) is 4.03. The molecule has 0 atom stereocenters. The van der Waals surface area contributed by atoms with Crippen LogP contribution in [0.1, 0.15) is 64.4 Å². The van der Waals surface area contributed by atoms with Gasteiger partial charge in [-0.25, -0.2) is 4.98 Å². The smallest absolute Gasteiger partial charge is 0.126 e. The van der Waals surface area contributed by atoms with Crippen LogP contribution >= 0.6 is 0 Å². The van der Waals surface area contributed by atoms with Crippen LogP contribution in [0, 0.1) is 5.92 Å². The van der Waals surface area contributed by atoms with Crippen LogP contribution in [0.5, 0.6) is 0 Å². The predicted molar refractivity (Wildman–Crippen MR) is 116 cm³/mol. The van der Waals surface area contributed by atoms with Gasteiger partial charge in [0.1, 0.15) is 5.82 Å². The van der Waals surface area contributed by atoms with Crippen LogP contribution in [0.25, 0.3) is 5.57 Å². The molecule has 0 radical (unpaired) electrons. The maximum absolute atomic E-state index is 4.54. The quantitative estimate of drug-likeness (QED) is 0.652. The second-order valence-corrected chi connectivity index (χ2v) is 8.22. The highest BCUT2D eigenvalue weighted by Gasteiger charge is 2.25. The fraction of sp³-hybridized carbons (Fsp3) is 0.565. The van der Waals surface area contributed by atoms with Crippen molar-refractivity contribution in [2.24, 2.45) is 10.9 Å². The Morgan fingerprint density at radius 2 is 1.85 bits per heavy atom. The van der Waals surface area contributed by atoms with E-state index in [1.807, 2.05) is 19.5 Å². The molecular weight excluding hydrogens is 332 g/mol. The maximum atomic E-state index is 4.54. The zero-order valence-electron chi connectivity index (χ0n) is 17.1. The number of rotatable bonds is 7. The van der Waals surface area contributed by atoms with Crippen molar-refractivity contribution in [3.63, 3.8) is 0 Å². The highest BCUT2D eigenvalue weighted by Crippen LogP contribution is 2.32. The number of nitrogens with zero attached hydrogens (tertiary/aromatic N) is 2. The average molecular weight is 367 g/mol. The summed E-state index contributed by atoms with van der Waals surface area (Å²) in [5.74, 6) is 1.69. The number of aromatic nitrogens is 1. The van der Waals surface area contributed by atoms with E-state index in [9.17, 15) is 0 Å². The number of hydrogen-bond donors (Lipinski definition) is 2. The molecular formula is C23H34N4. The van der Waals surface area contributed by atoms with Crippen LogP contribution < -0.4 is 10.6 Å². The van der Waals surface area contributed by atoms with Crippen molar-refractivity contribution in [1.29, 1.82) is 0 Å². The van der Waals surface area contributed by atoms with Crippen molar-refractivity contribution in [2.75, 3.05) is 12.4 Å². The van der Waals surface area contributed by atoms with Crippen LogP contribution in [0.15, 0.2) is 41.2 Å². The summed E-state index contributed by atoms with van der Waals surface area (Å²) >= 11 is 0. The number of allylic oxidation sites excluding steroid dienone is 3. The van der Waals surface area contributed by atoms with Gasteiger partial charge in [0, 0.05) is 37.2 Å². The van der Waals surface area contributed by atoms with E-state index in [-0.39, 0.29) is 0 Å². The minimum absolute atomic E-state index is 0.498. The minimum Gasteiger partial charge on any atom is -0.386 e. The third kappa shape index (κ3) is 5.21. The van der Waals surface area contributed by atoms with Gasteiger partial charge in [0.25, 0.3) is 0 Å². The molecule has 0 saturated heterocycles. The van der Waals surface area contributed by atoms with E-state index < -0.39 is 0 Å². The molecule has 2 aliphatic rings. The molecule has 0 aliphatic heterocycles. The van der Waals surface area contributed by atoms with Crippen molar-refractivity contribution in [1.82, 2.24) is 10.3 Å². The van der Waals surface area contributed by atoms with Gasteiger partial charge in [0.05, 0.1) is 0 Å². The minimum atomic E-state index is 0.498. The Morgan fingerprint density at radius 1 is 1.15 bits per heavy atom. The van der Waals surface area contributed by atoms with Crippen LogP contribution in [0.2, 0.25) is 0 Å². The van der Waals surface area contributed by atoms with Crippen LogP contribution in [0.3, 0.4) is 0 Å². The largest absolute Gasteiger partial charge is 0.386 e. The molecule has 1 aromatic heterocycles. The van der Waals surface area contributed by atoms with E-state index in [1.165, 1.54) is 67.4 Å². The number of nitrogens with one attached hydrogen (secondary N) is 2. The molecule has 0 spiro atoms. The first-order chi connectivity index (χ1) is 13.1. The molecule has 0 aromatic carbocycles. The van der Waals surface area contributed by atoms with E-state index in [0.717, 1.165) is 11.7 Å². The van der Waals surface area contributed by atoms with Crippen molar-refractivity contribution in [3.8, 4) is 0 Å². The maximum Gasteiger partial charge on any atom is 0.126 e. The molecule has 1 heterocycles. The highest BCUT2D eigenvalue weighted by molar-refractivity contribution is 6.10. The van der Waals surface area contributed by atoms with E-state index in [4.69, 9.17) is 0 Å². The fourth-order valence-corrected chi connectivity index (χ4v) is 4.03. The first kappa shape index (κ1) is 19.7. The third-order valence-corrected chi connectivity index (χ3v) is 5.93. The lowest BCUT2D eigenvalue weighted by Crippen LogP contribution is -2.38. The van der Waals surface area contributed by atoms with Gasteiger partial charge in [-0.05, 0) is 81.6 Å². The highest BCUT2D eigenvalue weighted by atomic mass is 15.0. The standard InChI is InChI=1S/C23H34N4/c1-16(2)22(15-24-4)19-12-13-25-23(14-19)27-21-10-8-20(9-11-21)26-17(3)18-6-5-7-18/h12-15,18,20-21,26H,3,5-11H2,1-2,4H3,(H,25,27). The summed E-state index contributed by atoms with van der Waals surface area (Å²) in [4.78, 5) is 8.73. The Balaban J connectivity index is 1.54. The average Bonchev–Trinajstić information content (AvgIpc) is 2.60. The lowest BCUT2D eigenvalue weighted by molar-refractivity contribution is 0.313. The Labute approximate surface area is 164 Å². The summed E-state index contributed by atoms with van der Waals surface area (Å²) in [6.45, 7) is 8.50. The van der Waals surface area contributed by atoms with Gasteiger partial charge in [0.2, 0.25) is 0 Å². The molecule has 146 valence electrons. The van der Waals surface area contributed by atoms with Gasteiger partial charge in [0.15, 0.2) is 0 Å². The molecule has 4 heteroatoms. The van der Waals surface area contributed by atoms with Gasteiger partial charge < -0.3 is 10.6 Å². The molecule has 3 rings (SSSR count). The molecule has 2 saturated carbocycles. The molecule has 2 N–H and O–H groups in total. The van der Waals surface area contributed by atoms with Crippen LogP contribution in [-0.4, -0.2) is 30.3 Å².